The van der Waals surface area contributed by atoms with E-state index in [1.807, 2.05) is 0 Å². The third-order valence-electron chi connectivity index (χ3n) is 19.5. The smallest absolute Gasteiger partial charge is 0.462 e. The van der Waals surface area contributed by atoms with Gasteiger partial charge in [0.1, 0.15) is 19.3 Å². The van der Waals surface area contributed by atoms with Crippen LogP contribution in [0.3, 0.4) is 0 Å². The Kier molecular flexibility index (Phi) is 74.4. The van der Waals surface area contributed by atoms with Crippen molar-refractivity contribution in [1.29, 1.82) is 0 Å². The highest BCUT2D eigenvalue weighted by Crippen LogP contribution is 2.45. The summed E-state index contributed by atoms with van der Waals surface area (Å²) in [5.74, 6) is -1.29. The van der Waals surface area contributed by atoms with Crippen LogP contribution in [0.1, 0.15) is 446 Å². The second-order valence-electron chi connectivity index (χ2n) is 30.3. The Labute approximate surface area is 626 Å². The van der Waals surface area contributed by atoms with Gasteiger partial charge in [-0.05, 0) is 31.6 Å². The molecule has 2 unspecified atom stereocenters. The van der Waals surface area contributed by atoms with Crippen LogP contribution in [0, 0.1) is 5.92 Å². The number of carbonyl (C=O) groups excluding carboxylic acids is 4. The highest BCUT2D eigenvalue weighted by Gasteiger charge is 2.30. The van der Waals surface area contributed by atoms with Gasteiger partial charge in [0.25, 0.3) is 0 Å². The Morgan fingerprint density at radius 3 is 0.667 bits per heavy atom. The molecule has 0 saturated heterocycles. The number of unbranched alkanes of at least 4 members (excludes halogenated alkanes) is 55. The maximum absolute atomic E-state index is 13.1. The number of rotatable bonds is 83. The molecule has 19 heteroatoms. The second kappa shape index (κ2) is 75.9. The zero-order chi connectivity index (χ0) is 74.8. The van der Waals surface area contributed by atoms with Gasteiger partial charge in [0.2, 0.25) is 0 Å². The normalized spacial score (nSPS) is 13.8. The summed E-state index contributed by atoms with van der Waals surface area (Å²) in [6, 6.07) is 0. The lowest BCUT2D eigenvalue weighted by atomic mass is 10.0. The number of carbonyl (C=O) groups is 4. The predicted molar refractivity (Wildman–Crippen MR) is 418 cm³/mol. The van der Waals surface area contributed by atoms with Crippen molar-refractivity contribution in [2.24, 2.45) is 5.92 Å². The molecule has 0 aromatic rings. The number of hydrogen-bond donors (Lipinski definition) is 3. The quantitative estimate of drug-likeness (QED) is 0.0222. The van der Waals surface area contributed by atoms with Crippen LogP contribution in [-0.4, -0.2) is 96.7 Å². The summed E-state index contributed by atoms with van der Waals surface area (Å²) in [6.45, 7) is 7.35. The van der Waals surface area contributed by atoms with Crippen molar-refractivity contribution >= 4 is 39.5 Å². The van der Waals surface area contributed by atoms with E-state index in [0.29, 0.717) is 25.7 Å². The van der Waals surface area contributed by atoms with Crippen molar-refractivity contribution in [3.63, 3.8) is 0 Å². The van der Waals surface area contributed by atoms with E-state index in [0.717, 1.165) is 95.8 Å². The molecule has 0 radical (unpaired) electrons. The Bertz CT molecular complexity index is 1940. The lowest BCUT2D eigenvalue weighted by Gasteiger charge is -2.21. The summed E-state index contributed by atoms with van der Waals surface area (Å²) >= 11 is 0. The lowest BCUT2D eigenvalue weighted by molar-refractivity contribution is -0.161. The van der Waals surface area contributed by atoms with E-state index in [1.54, 1.807) is 0 Å². The molecule has 0 heterocycles. The first-order valence-corrected chi connectivity index (χ1v) is 46.1. The first-order chi connectivity index (χ1) is 49.5. The fourth-order valence-electron chi connectivity index (χ4n) is 12.9. The number of aliphatic hydroxyl groups excluding tert-OH is 1. The van der Waals surface area contributed by atoms with Crippen LogP contribution in [-0.2, 0) is 65.4 Å². The monoisotopic (exact) mass is 1490 g/mol. The molecule has 3 N–H and O–H groups in total. The first-order valence-electron chi connectivity index (χ1n) is 43.1. The molecule has 0 bridgehead atoms. The molecular weight excluding hydrogens is 1330 g/mol. The number of aliphatic hydroxyl groups is 1. The van der Waals surface area contributed by atoms with E-state index in [-0.39, 0.29) is 25.7 Å². The van der Waals surface area contributed by atoms with Crippen LogP contribution < -0.4 is 0 Å². The first kappa shape index (κ1) is 100. The minimum atomic E-state index is -4.96. The van der Waals surface area contributed by atoms with Gasteiger partial charge in [0.15, 0.2) is 12.2 Å². The average Bonchev–Trinajstić information content (AvgIpc) is 0.915. The van der Waals surface area contributed by atoms with Crippen LogP contribution in [0.15, 0.2) is 0 Å². The SMILES string of the molecule is CCCCCCCCCCCCCCCCCCCCCCCC(=O)OC[C@H](COP(=O)(O)OC[C@@H](O)COP(=O)(O)OC[C@@H](COC(=O)CCCCCCCCCCC)OC(=O)CCCCCCCCCCCCC)OC(=O)CCCCCCCCCCCCCCCCCCCCC(C)C. The Morgan fingerprint density at radius 2 is 0.451 bits per heavy atom. The number of phosphoric acid groups is 2. The van der Waals surface area contributed by atoms with Crippen molar-refractivity contribution < 1.29 is 80.2 Å². The third kappa shape index (κ3) is 76.3. The van der Waals surface area contributed by atoms with E-state index in [9.17, 15) is 43.2 Å². The molecule has 606 valence electrons. The van der Waals surface area contributed by atoms with Crippen LogP contribution in [0.25, 0.3) is 0 Å². The minimum absolute atomic E-state index is 0.107. The van der Waals surface area contributed by atoms with E-state index in [1.165, 1.54) is 270 Å². The zero-order valence-electron chi connectivity index (χ0n) is 66.8. The standard InChI is InChI=1S/C83H162O17P2/c1-6-9-12-15-18-21-23-24-25-26-27-28-29-33-36-39-43-47-52-57-62-67-81(86)94-73-79(100-83(88)69-64-59-54-49-44-40-37-34-31-30-32-35-38-42-46-50-55-60-65-76(4)5)75-98-102(91,92)96-71-77(84)70-95-101(89,90)97-74-78(72-93-80(85)66-61-56-51-45-20-17-14-11-8-3)99-82(87)68-63-58-53-48-41-22-19-16-13-10-7-2/h76-79,84H,6-75H2,1-5H3,(H,89,90)(H,91,92)/t77-,78+,79+/m0/s1. The fourth-order valence-corrected chi connectivity index (χ4v) is 14.5. The number of ether oxygens (including phenoxy) is 4. The van der Waals surface area contributed by atoms with Crippen molar-refractivity contribution in [3.05, 3.63) is 0 Å². The third-order valence-corrected chi connectivity index (χ3v) is 21.4. The molecule has 0 spiro atoms. The summed E-state index contributed by atoms with van der Waals surface area (Å²) < 4.78 is 68.7. The lowest BCUT2D eigenvalue weighted by Crippen LogP contribution is -2.30. The van der Waals surface area contributed by atoms with E-state index in [4.69, 9.17) is 37.0 Å². The molecule has 0 amide bonds. The highest BCUT2D eigenvalue weighted by molar-refractivity contribution is 7.47. The largest absolute Gasteiger partial charge is 0.472 e. The van der Waals surface area contributed by atoms with Gasteiger partial charge in [-0.3, -0.25) is 37.3 Å². The van der Waals surface area contributed by atoms with E-state index < -0.39 is 97.5 Å². The summed E-state index contributed by atoms with van der Waals surface area (Å²) in [6.07, 6.45) is 68.2. The number of esters is 4. The Balaban J connectivity index is 5.17. The molecule has 0 aliphatic rings. The maximum atomic E-state index is 13.1. The van der Waals surface area contributed by atoms with E-state index >= 15 is 0 Å². The van der Waals surface area contributed by atoms with Gasteiger partial charge in [-0.15, -0.1) is 0 Å². The highest BCUT2D eigenvalue weighted by atomic mass is 31.2. The minimum Gasteiger partial charge on any atom is -0.462 e. The topological polar surface area (TPSA) is 237 Å². The molecule has 0 aromatic carbocycles. The fraction of sp³-hybridized carbons (Fsp3) is 0.952. The predicted octanol–water partition coefficient (Wildman–Crippen LogP) is 25.2. The summed E-state index contributed by atoms with van der Waals surface area (Å²) in [7, 11) is -9.92. The van der Waals surface area contributed by atoms with Gasteiger partial charge in [0.05, 0.1) is 26.4 Å². The molecule has 0 aliphatic heterocycles. The van der Waals surface area contributed by atoms with Crippen LogP contribution >= 0.6 is 15.6 Å². The molecule has 17 nitrogen and oxygen atoms in total. The molecular formula is C83H162O17P2. The molecule has 0 saturated carbocycles. The maximum Gasteiger partial charge on any atom is 0.472 e. The Morgan fingerprint density at radius 1 is 0.265 bits per heavy atom. The molecule has 0 fully saturated rings. The molecule has 0 aliphatic carbocycles. The van der Waals surface area contributed by atoms with Gasteiger partial charge in [0, 0.05) is 25.7 Å². The Hall–Kier alpha value is -1.94. The van der Waals surface area contributed by atoms with Crippen molar-refractivity contribution in [3.8, 4) is 0 Å². The number of phosphoric ester groups is 2. The van der Waals surface area contributed by atoms with Gasteiger partial charge < -0.3 is 33.8 Å². The van der Waals surface area contributed by atoms with Gasteiger partial charge in [-0.25, -0.2) is 9.13 Å². The summed E-state index contributed by atoms with van der Waals surface area (Å²) in [5, 5.41) is 10.6. The summed E-state index contributed by atoms with van der Waals surface area (Å²) in [5.41, 5.74) is 0. The van der Waals surface area contributed by atoms with Gasteiger partial charge in [-0.1, -0.05) is 394 Å². The van der Waals surface area contributed by atoms with Crippen LogP contribution in [0.5, 0.6) is 0 Å². The van der Waals surface area contributed by atoms with Crippen molar-refractivity contribution in [2.75, 3.05) is 39.6 Å². The van der Waals surface area contributed by atoms with Crippen LogP contribution in [0.2, 0.25) is 0 Å². The second-order valence-corrected chi connectivity index (χ2v) is 33.3. The van der Waals surface area contributed by atoms with Crippen LogP contribution in [0.4, 0.5) is 0 Å². The average molecular weight is 1490 g/mol. The van der Waals surface area contributed by atoms with E-state index in [2.05, 4.69) is 34.6 Å². The molecule has 5 atom stereocenters. The molecule has 0 aromatic heterocycles. The molecule has 102 heavy (non-hydrogen) atoms. The summed E-state index contributed by atoms with van der Waals surface area (Å²) in [4.78, 5) is 73.0. The van der Waals surface area contributed by atoms with Crippen molar-refractivity contribution in [2.45, 2.75) is 464 Å². The molecule has 0 rings (SSSR count). The number of hydrogen-bond acceptors (Lipinski definition) is 15. The van der Waals surface area contributed by atoms with Gasteiger partial charge >= 0.3 is 39.5 Å². The van der Waals surface area contributed by atoms with Gasteiger partial charge in [-0.2, -0.15) is 0 Å². The zero-order valence-corrected chi connectivity index (χ0v) is 68.5. The van der Waals surface area contributed by atoms with Crippen molar-refractivity contribution in [1.82, 2.24) is 0 Å².